The maximum absolute atomic E-state index is 8.87. The van der Waals surface area contributed by atoms with Crippen molar-refractivity contribution < 1.29 is 5.11 Å². The lowest BCUT2D eigenvalue weighted by atomic mass is 10.2. The molecule has 0 amide bonds. The first-order valence-electron chi connectivity index (χ1n) is 5.51. The van der Waals surface area contributed by atoms with Crippen molar-refractivity contribution >= 4 is 24.8 Å². The van der Waals surface area contributed by atoms with Gasteiger partial charge in [-0.25, -0.2) is 0 Å². The Morgan fingerprint density at radius 1 is 1.31 bits per heavy atom. The molecule has 0 radical (unpaired) electrons. The summed E-state index contributed by atoms with van der Waals surface area (Å²) < 4.78 is 0. The van der Waals surface area contributed by atoms with E-state index in [1.807, 2.05) is 57.2 Å². The highest BCUT2D eigenvalue weighted by Gasteiger charge is 1.89. The van der Waals surface area contributed by atoms with E-state index in [4.69, 9.17) is 5.11 Å². The van der Waals surface area contributed by atoms with E-state index in [1.165, 1.54) is 0 Å². The second-order valence-corrected chi connectivity index (χ2v) is 3.34. The molecule has 1 nitrogen and oxygen atoms in total. The predicted molar refractivity (Wildman–Crippen MR) is 75.1 cm³/mol. The average molecular weight is 236 g/mol. The third kappa shape index (κ3) is 4.69. The lowest BCUT2D eigenvalue weighted by Crippen LogP contribution is -2.25. The Morgan fingerprint density at radius 3 is 2.56 bits per heavy atom. The highest BCUT2D eigenvalue weighted by molar-refractivity contribution is 7.80. The van der Waals surface area contributed by atoms with Gasteiger partial charge < -0.3 is 5.11 Å². The van der Waals surface area contributed by atoms with Gasteiger partial charge in [0.15, 0.2) is 0 Å². The Bertz CT molecular complexity index is 433. The van der Waals surface area contributed by atoms with Crippen molar-refractivity contribution in [2.24, 2.45) is 0 Å². The summed E-state index contributed by atoms with van der Waals surface area (Å²) in [6, 6.07) is 5.87. The molecule has 0 bridgehead atoms. The quantitative estimate of drug-likeness (QED) is 0.754. The smallest absolute Gasteiger partial charge is 0.0621 e. The van der Waals surface area contributed by atoms with E-state index in [2.05, 4.69) is 12.6 Å². The Hall–Kier alpha value is -0.990. The summed E-state index contributed by atoms with van der Waals surface area (Å²) in [5, 5.41) is 10.9. The molecule has 0 spiro atoms. The Labute approximate surface area is 103 Å². The third-order valence-electron chi connectivity index (χ3n) is 1.88. The van der Waals surface area contributed by atoms with Gasteiger partial charge in [0.05, 0.1) is 6.61 Å². The molecule has 0 saturated carbocycles. The van der Waals surface area contributed by atoms with Crippen molar-refractivity contribution in [3.05, 3.63) is 40.8 Å². The van der Waals surface area contributed by atoms with Gasteiger partial charge in [-0.1, -0.05) is 50.3 Å². The second kappa shape index (κ2) is 9.25. The molecule has 1 rings (SSSR count). The van der Waals surface area contributed by atoms with Gasteiger partial charge in [0, 0.05) is 4.90 Å². The van der Waals surface area contributed by atoms with Gasteiger partial charge in [0.1, 0.15) is 0 Å². The van der Waals surface area contributed by atoms with Crippen LogP contribution in [-0.2, 0) is 0 Å². The molecular weight excluding hydrogens is 216 g/mol. The predicted octanol–water partition coefficient (Wildman–Crippen LogP) is 2.13. The molecular formula is C14H20OS. The van der Waals surface area contributed by atoms with Crippen molar-refractivity contribution in [1.82, 2.24) is 0 Å². The van der Waals surface area contributed by atoms with Crippen LogP contribution in [0.15, 0.2) is 35.2 Å². The molecule has 1 aromatic carbocycles. The van der Waals surface area contributed by atoms with E-state index < -0.39 is 0 Å². The minimum atomic E-state index is 0.0360. The Morgan fingerprint density at radius 2 is 2.00 bits per heavy atom. The molecule has 0 aliphatic carbocycles. The van der Waals surface area contributed by atoms with Crippen LogP contribution < -0.4 is 10.4 Å². The number of allylic oxidation sites excluding steroid dienone is 2. The molecule has 1 N–H and O–H groups in total. The molecule has 0 aliphatic heterocycles. The first kappa shape index (κ1) is 15.0. The molecule has 1 aromatic rings. The molecule has 2 heteroatoms. The molecule has 16 heavy (non-hydrogen) atoms. The van der Waals surface area contributed by atoms with Crippen molar-refractivity contribution in [2.45, 2.75) is 25.7 Å². The molecule has 0 heterocycles. The van der Waals surface area contributed by atoms with Crippen molar-refractivity contribution in [2.75, 3.05) is 6.61 Å². The van der Waals surface area contributed by atoms with Gasteiger partial charge in [0.2, 0.25) is 0 Å². The number of hydrogen-bond donors (Lipinski definition) is 2. The van der Waals surface area contributed by atoms with Crippen LogP contribution in [0.5, 0.6) is 0 Å². The monoisotopic (exact) mass is 236 g/mol. The summed E-state index contributed by atoms with van der Waals surface area (Å²) in [6.45, 7) is 6.00. The maximum atomic E-state index is 8.87. The molecule has 88 valence electrons. The first-order chi connectivity index (χ1) is 7.79. The lowest BCUT2D eigenvalue weighted by Gasteiger charge is -1.94. The third-order valence-corrected chi connectivity index (χ3v) is 2.27. The van der Waals surface area contributed by atoms with Crippen LogP contribution in [0.4, 0.5) is 0 Å². The molecule has 0 unspecified atom stereocenters. The van der Waals surface area contributed by atoms with E-state index in [1.54, 1.807) is 6.08 Å². The highest BCUT2D eigenvalue weighted by atomic mass is 32.1. The van der Waals surface area contributed by atoms with Gasteiger partial charge in [-0.2, -0.15) is 0 Å². The zero-order chi connectivity index (χ0) is 12.4. The summed E-state index contributed by atoms with van der Waals surface area (Å²) >= 11 is 4.34. The van der Waals surface area contributed by atoms with Gasteiger partial charge in [0.25, 0.3) is 0 Å². The van der Waals surface area contributed by atoms with Crippen molar-refractivity contribution in [3.8, 4) is 0 Å². The van der Waals surface area contributed by atoms with Crippen LogP contribution >= 0.6 is 12.6 Å². The molecule has 0 fully saturated rings. The normalized spacial score (nSPS) is 12.8. The van der Waals surface area contributed by atoms with Gasteiger partial charge in [-0.15, -0.1) is 12.6 Å². The summed E-state index contributed by atoms with van der Waals surface area (Å²) in [6.07, 6.45) is 7.70. The minimum absolute atomic E-state index is 0.0360. The van der Waals surface area contributed by atoms with Crippen LogP contribution in [0.1, 0.15) is 20.8 Å². The van der Waals surface area contributed by atoms with Gasteiger partial charge in [-0.3, -0.25) is 0 Å². The largest absolute Gasteiger partial charge is 0.392 e. The molecule has 0 aliphatic rings. The van der Waals surface area contributed by atoms with Crippen LogP contribution in [0.3, 0.4) is 0 Å². The van der Waals surface area contributed by atoms with E-state index in [0.717, 1.165) is 15.3 Å². The minimum Gasteiger partial charge on any atom is -0.392 e. The van der Waals surface area contributed by atoms with E-state index in [9.17, 15) is 0 Å². The van der Waals surface area contributed by atoms with Crippen LogP contribution in [-0.4, -0.2) is 11.7 Å². The van der Waals surface area contributed by atoms with Crippen LogP contribution in [0, 0.1) is 0 Å². The lowest BCUT2D eigenvalue weighted by molar-refractivity contribution is 0.354. The molecule has 0 aromatic heterocycles. The van der Waals surface area contributed by atoms with Crippen LogP contribution in [0.25, 0.3) is 12.2 Å². The Balaban J connectivity index is 0.00000106. The number of aliphatic hydroxyl groups is 1. The van der Waals surface area contributed by atoms with Gasteiger partial charge in [-0.05, 0) is 23.4 Å². The van der Waals surface area contributed by atoms with E-state index in [0.29, 0.717) is 0 Å². The Kier molecular flexibility index (Phi) is 8.68. The fraction of sp³-hybridized carbons (Fsp3) is 0.286. The number of hydrogen-bond acceptors (Lipinski definition) is 2. The van der Waals surface area contributed by atoms with Crippen molar-refractivity contribution in [3.63, 3.8) is 0 Å². The molecule has 0 atom stereocenters. The van der Waals surface area contributed by atoms with Crippen molar-refractivity contribution in [1.29, 1.82) is 0 Å². The molecule has 0 saturated heterocycles. The maximum Gasteiger partial charge on any atom is 0.0621 e. The van der Waals surface area contributed by atoms with Gasteiger partial charge >= 0.3 is 0 Å². The summed E-state index contributed by atoms with van der Waals surface area (Å²) in [7, 11) is 0. The number of rotatable bonds is 2. The van der Waals surface area contributed by atoms with E-state index in [-0.39, 0.29) is 6.61 Å². The van der Waals surface area contributed by atoms with Crippen LogP contribution in [0.2, 0.25) is 0 Å². The average Bonchev–Trinajstić information content (AvgIpc) is 2.33. The second-order valence-electron chi connectivity index (χ2n) is 2.86. The first-order valence-corrected chi connectivity index (χ1v) is 5.96. The zero-order valence-corrected chi connectivity index (χ0v) is 11.0. The zero-order valence-electron chi connectivity index (χ0n) is 10.1. The number of aliphatic hydroxyl groups excluding tert-OH is 1. The summed E-state index contributed by atoms with van der Waals surface area (Å²) in [5.41, 5.74) is 0. The fourth-order valence-electron chi connectivity index (χ4n) is 1.23. The number of benzene rings is 1. The summed E-state index contributed by atoms with van der Waals surface area (Å²) in [5.74, 6) is 0. The fourth-order valence-corrected chi connectivity index (χ4v) is 1.54. The summed E-state index contributed by atoms with van der Waals surface area (Å²) in [4.78, 5) is 0.886. The standard InChI is InChI=1S/C12H14OS.C2H6/c1-2-3-5-10-6-4-7-12(14)11(10)8-9-13;1-2/h2-8,13-14H,9H2,1H3;1-2H3/b3-2-,10-5-,11-8-;. The number of thiol groups is 1. The SMILES string of the molecule is CC.C\C=C/C=c1/cccc(S)/c1=C\CO. The topological polar surface area (TPSA) is 20.2 Å². The highest BCUT2D eigenvalue weighted by Crippen LogP contribution is 1.93. The van der Waals surface area contributed by atoms with E-state index >= 15 is 0 Å².